The minimum Gasteiger partial charge on any atom is -0.463 e. The first-order valence-corrected chi connectivity index (χ1v) is 8.67. The van der Waals surface area contributed by atoms with Crippen LogP contribution in [0.4, 0.5) is 0 Å². The molecule has 2 unspecified atom stereocenters. The fourth-order valence-electron chi connectivity index (χ4n) is 3.39. The van der Waals surface area contributed by atoms with Crippen LogP contribution in [0.3, 0.4) is 0 Å². The van der Waals surface area contributed by atoms with Gasteiger partial charge in [0.25, 0.3) is 5.91 Å². The van der Waals surface area contributed by atoms with Gasteiger partial charge >= 0.3 is 0 Å². The van der Waals surface area contributed by atoms with Gasteiger partial charge in [-0.1, -0.05) is 25.1 Å². The van der Waals surface area contributed by atoms with Gasteiger partial charge in [-0.05, 0) is 49.7 Å². The number of piperidine rings is 1. The minimum absolute atomic E-state index is 0. The summed E-state index contributed by atoms with van der Waals surface area (Å²) in [5.74, 6) is 1.02. The topological polar surface area (TPSA) is 67.2 Å². The van der Waals surface area contributed by atoms with E-state index < -0.39 is 0 Å². The van der Waals surface area contributed by atoms with Crippen molar-refractivity contribution in [2.24, 2.45) is 5.92 Å². The third kappa shape index (κ3) is 4.43. The lowest BCUT2D eigenvalue weighted by Gasteiger charge is -2.30. The molecular weight excluding hydrogens is 385 g/mol. The SMILES string of the molecule is CC1CNCCC1NC(=O)c1cc(-c2ccco2)nc2ccccc12.Cl.Cl. The maximum absolute atomic E-state index is 13.0. The highest BCUT2D eigenvalue weighted by Gasteiger charge is 2.24. The molecule has 1 saturated heterocycles. The molecule has 1 aromatic carbocycles. The van der Waals surface area contributed by atoms with E-state index in [0.29, 0.717) is 22.9 Å². The maximum Gasteiger partial charge on any atom is 0.252 e. The number of rotatable bonds is 3. The number of furan rings is 1. The van der Waals surface area contributed by atoms with Crippen LogP contribution in [0.5, 0.6) is 0 Å². The third-order valence-electron chi connectivity index (χ3n) is 4.84. The van der Waals surface area contributed by atoms with E-state index in [9.17, 15) is 4.79 Å². The highest BCUT2D eigenvalue weighted by Crippen LogP contribution is 2.25. The van der Waals surface area contributed by atoms with Gasteiger partial charge in [-0.3, -0.25) is 4.79 Å². The number of amides is 1. The Bertz CT molecular complexity index is 899. The molecule has 1 fully saturated rings. The van der Waals surface area contributed by atoms with Crippen molar-refractivity contribution in [1.29, 1.82) is 0 Å². The number of hydrogen-bond donors (Lipinski definition) is 2. The van der Waals surface area contributed by atoms with E-state index in [1.165, 1.54) is 0 Å². The zero-order valence-electron chi connectivity index (χ0n) is 15.0. The lowest BCUT2D eigenvalue weighted by molar-refractivity contribution is 0.0916. The summed E-state index contributed by atoms with van der Waals surface area (Å²) in [6.07, 6.45) is 2.56. The van der Waals surface area contributed by atoms with Crippen LogP contribution in [0, 0.1) is 5.92 Å². The number of hydrogen-bond acceptors (Lipinski definition) is 4. The number of nitrogens with one attached hydrogen (secondary N) is 2. The Balaban J connectivity index is 0.00000131. The number of carbonyl (C=O) groups is 1. The maximum atomic E-state index is 13.0. The molecule has 4 rings (SSSR count). The van der Waals surface area contributed by atoms with Gasteiger partial charge in [0.15, 0.2) is 5.76 Å². The molecule has 1 aliphatic rings. The van der Waals surface area contributed by atoms with Crippen LogP contribution in [0.15, 0.2) is 53.1 Å². The second-order valence-corrected chi connectivity index (χ2v) is 6.60. The second-order valence-electron chi connectivity index (χ2n) is 6.60. The molecule has 1 aliphatic heterocycles. The summed E-state index contributed by atoms with van der Waals surface area (Å²) in [5, 5.41) is 7.43. The minimum atomic E-state index is -0.0508. The summed E-state index contributed by atoms with van der Waals surface area (Å²) in [5.41, 5.74) is 2.11. The van der Waals surface area contributed by atoms with Gasteiger partial charge in [0.05, 0.1) is 17.3 Å². The summed E-state index contributed by atoms with van der Waals surface area (Å²) < 4.78 is 5.47. The zero-order chi connectivity index (χ0) is 17.2. The monoisotopic (exact) mass is 407 g/mol. The number of fused-ring (bicyclic) bond motifs is 1. The van der Waals surface area contributed by atoms with Crippen LogP contribution >= 0.6 is 24.8 Å². The number of nitrogens with zero attached hydrogens (tertiary/aromatic N) is 1. The summed E-state index contributed by atoms with van der Waals surface area (Å²) in [4.78, 5) is 17.6. The molecule has 2 atom stereocenters. The third-order valence-corrected chi connectivity index (χ3v) is 4.84. The first-order valence-electron chi connectivity index (χ1n) is 8.67. The molecule has 0 spiro atoms. The summed E-state index contributed by atoms with van der Waals surface area (Å²) in [6, 6.07) is 13.4. The summed E-state index contributed by atoms with van der Waals surface area (Å²) in [6.45, 7) is 4.03. The van der Waals surface area contributed by atoms with Crippen LogP contribution in [-0.2, 0) is 0 Å². The van der Waals surface area contributed by atoms with Crippen molar-refractivity contribution in [3.05, 3.63) is 54.3 Å². The van der Waals surface area contributed by atoms with Gasteiger partial charge in [-0.15, -0.1) is 24.8 Å². The Morgan fingerprint density at radius 2 is 2.04 bits per heavy atom. The van der Waals surface area contributed by atoms with E-state index in [-0.39, 0.29) is 36.8 Å². The van der Waals surface area contributed by atoms with Crippen molar-refractivity contribution in [1.82, 2.24) is 15.6 Å². The average molecular weight is 408 g/mol. The highest BCUT2D eigenvalue weighted by atomic mass is 35.5. The number of para-hydroxylation sites is 1. The van der Waals surface area contributed by atoms with E-state index in [4.69, 9.17) is 4.42 Å². The lowest BCUT2D eigenvalue weighted by Crippen LogP contribution is -2.48. The predicted molar refractivity (Wildman–Crippen MR) is 112 cm³/mol. The molecular formula is C20H23Cl2N3O2. The fraction of sp³-hybridized carbons (Fsp3) is 0.300. The Labute approximate surface area is 170 Å². The number of benzene rings is 1. The summed E-state index contributed by atoms with van der Waals surface area (Å²) >= 11 is 0. The van der Waals surface area contributed by atoms with Crippen molar-refractivity contribution in [3.63, 3.8) is 0 Å². The number of aromatic nitrogens is 1. The standard InChI is InChI=1S/C20H21N3O2.2ClH/c1-13-12-21-9-8-16(13)23-20(24)15-11-18(19-7-4-10-25-19)22-17-6-3-2-5-14(15)17;;/h2-7,10-11,13,16,21H,8-9,12H2,1H3,(H,23,24);2*1H. The molecule has 0 aliphatic carbocycles. The van der Waals surface area contributed by atoms with Crippen molar-refractivity contribution < 1.29 is 9.21 Å². The van der Waals surface area contributed by atoms with Gasteiger partial charge < -0.3 is 15.1 Å². The number of carbonyl (C=O) groups excluding carboxylic acids is 1. The van der Waals surface area contributed by atoms with Crippen LogP contribution in [0.2, 0.25) is 0 Å². The Morgan fingerprint density at radius 1 is 1.22 bits per heavy atom. The van der Waals surface area contributed by atoms with Crippen molar-refractivity contribution >= 4 is 41.6 Å². The fourth-order valence-corrected chi connectivity index (χ4v) is 3.39. The van der Waals surface area contributed by atoms with Crippen molar-refractivity contribution in [3.8, 4) is 11.5 Å². The lowest BCUT2D eigenvalue weighted by atomic mass is 9.94. The van der Waals surface area contributed by atoms with E-state index in [1.54, 1.807) is 6.26 Å². The van der Waals surface area contributed by atoms with Gasteiger partial charge in [0.1, 0.15) is 5.69 Å². The largest absolute Gasteiger partial charge is 0.463 e. The molecule has 0 saturated carbocycles. The Hall–Kier alpha value is -2.08. The number of pyridine rings is 1. The highest BCUT2D eigenvalue weighted by molar-refractivity contribution is 6.07. The van der Waals surface area contributed by atoms with Crippen LogP contribution < -0.4 is 10.6 Å². The zero-order valence-corrected chi connectivity index (χ0v) is 16.6. The molecule has 0 bridgehead atoms. The molecule has 0 radical (unpaired) electrons. The molecule has 3 aromatic rings. The molecule has 27 heavy (non-hydrogen) atoms. The van der Waals surface area contributed by atoms with Gasteiger partial charge in [-0.25, -0.2) is 4.98 Å². The van der Waals surface area contributed by atoms with Gasteiger partial charge in [0, 0.05) is 11.4 Å². The summed E-state index contributed by atoms with van der Waals surface area (Å²) in [7, 11) is 0. The second kappa shape index (κ2) is 9.22. The molecule has 3 heterocycles. The van der Waals surface area contributed by atoms with Gasteiger partial charge in [0.2, 0.25) is 0 Å². The van der Waals surface area contributed by atoms with E-state index in [1.807, 2.05) is 42.5 Å². The van der Waals surface area contributed by atoms with Crippen LogP contribution in [0.1, 0.15) is 23.7 Å². The quantitative estimate of drug-likeness (QED) is 0.686. The van der Waals surface area contributed by atoms with Crippen LogP contribution in [-0.4, -0.2) is 30.0 Å². The molecule has 2 N–H and O–H groups in total. The Kier molecular flexibility index (Phi) is 7.25. The first kappa shape index (κ1) is 21.2. The smallest absolute Gasteiger partial charge is 0.252 e. The van der Waals surface area contributed by atoms with E-state index in [2.05, 4.69) is 22.5 Å². The molecule has 5 nitrogen and oxygen atoms in total. The predicted octanol–water partition coefficient (Wildman–Crippen LogP) is 4.07. The molecule has 144 valence electrons. The molecule has 1 amide bonds. The Morgan fingerprint density at radius 3 is 2.78 bits per heavy atom. The van der Waals surface area contributed by atoms with Crippen molar-refractivity contribution in [2.75, 3.05) is 13.1 Å². The van der Waals surface area contributed by atoms with Gasteiger partial charge in [-0.2, -0.15) is 0 Å². The first-order chi connectivity index (χ1) is 12.2. The average Bonchev–Trinajstić information content (AvgIpc) is 3.17. The van der Waals surface area contributed by atoms with E-state index >= 15 is 0 Å². The normalized spacial score (nSPS) is 19.0. The molecule has 7 heteroatoms. The molecule has 2 aromatic heterocycles. The number of halogens is 2. The van der Waals surface area contributed by atoms with Crippen molar-refractivity contribution in [2.45, 2.75) is 19.4 Å². The van der Waals surface area contributed by atoms with Crippen LogP contribution in [0.25, 0.3) is 22.4 Å². The van der Waals surface area contributed by atoms with E-state index in [0.717, 1.165) is 30.4 Å².